The van der Waals surface area contributed by atoms with Gasteiger partial charge in [-0.25, -0.2) is 13.6 Å². The van der Waals surface area contributed by atoms with Gasteiger partial charge in [0.15, 0.2) is 0 Å². The standard InChI is InChI=1S/C14H15F2NO2/c1-14(2,3)19-13(18)17-7-6-9-8-10(12(15)16)4-5-11(9)17/h4-8,12H,1-3H3. The monoisotopic (exact) mass is 267 g/mol. The van der Waals surface area contributed by atoms with E-state index in [1.165, 1.54) is 29.0 Å². The van der Waals surface area contributed by atoms with E-state index in [4.69, 9.17) is 4.74 Å². The molecule has 1 aromatic carbocycles. The molecule has 0 amide bonds. The minimum Gasteiger partial charge on any atom is -0.443 e. The SMILES string of the molecule is CC(C)(C)OC(=O)n1ccc2cc(C(F)F)ccc21. The number of carbonyl (C=O) groups excluding carboxylic acids is 1. The highest BCUT2D eigenvalue weighted by atomic mass is 19.3. The zero-order valence-electron chi connectivity index (χ0n) is 11.0. The Kier molecular flexibility index (Phi) is 3.30. The van der Waals surface area contributed by atoms with Gasteiger partial charge in [0.05, 0.1) is 5.52 Å². The number of ether oxygens (including phenoxy) is 1. The maximum absolute atomic E-state index is 12.6. The molecule has 0 fully saturated rings. The van der Waals surface area contributed by atoms with E-state index in [9.17, 15) is 13.6 Å². The molecule has 1 heterocycles. The van der Waals surface area contributed by atoms with Gasteiger partial charge in [0, 0.05) is 17.1 Å². The Balaban J connectivity index is 2.38. The summed E-state index contributed by atoms with van der Waals surface area (Å²) in [4.78, 5) is 11.9. The number of rotatable bonds is 1. The number of hydrogen-bond acceptors (Lipinski definition) is 2. The molecule has 0 aliphatic rings. The predicted octanol–water partition coefficient (Wildman–Crippen LogP) is 4.36. The van der Waals surface area contributed by atoms with Crippen molar-refractivity contribution >= 4 is 17.0 Å². The Labute approximate surface area is 109 Å². The number of carbonyl (C=O) groups is 1. The van der Waals surface area contributed by atoms with Gasteiger partial charge in [-0.1, -0.05) is 6.07 Å². The molecule has 0 saturated heterocycles. The second kappa shape index (κ2) is 4.64. The largest absolute Gasteiger partial charge is 0.443 e. The van der Waals surface area contributed by atoms with Crippen molar-refractivity contribution in [3.63, 3.8) is 0 Å². The average Bonchev–Trinajstić information content (AvgIpc) is 2.68. The second-order valence-electron chi connectivity index (χ2n) is 5.29. The molecule has 0 aliphatic carbocycles. The number of nitrogens with zero attached hydrogens (tertiary/aromatic N) is 1. The first-order valence-corrected chi connectivity index (χ1v) is 5.90. The summed E-state index contributed by atoms with van der Waals surface area (Å²) in [5, 5.41) is 0.587. The van der Waals surface area contributed by atoms with E-state index in [1.54, 1.807) is 26.8 Å². The van der Waals surface area contributed by atoms with E-state index < -0.39 is 18.1 Å². The van der Waals surface area contributed by atoms with Gasteiger partial charge in [0.1, 0.15) is 5.60 Å². The summed E-state index contributed by atoms with van der Waals surface area (Å²) in [6.45, 7) is 5.31. The van der Waals surface area contributed by atoms with Gasteiger partial charge in [-0.05, 0) is 39.0 Å². The van der Waals surface area contributed by atoms with Crippen molar-refractivity contribution in [1.82, 2.24) is 4.57 Å². The summed E-state index contributed by atoms with van der Waals surface area (Å²) in [6, 6.07) is 5.81. The Morgan fingerprint density at radius 2 is 1.95 bits per heavy atom. The first-order chi connectivity index (χ1) is 8.78. The van der Waals surface area contributed by atoms with Crippen LogP contribution in [0.2, 0.25) is 0 Å². The van der Waals surface area contributed by atoms with Crippen molar-refractivity contribution in [1.29, 1.82) is 0 Å². The third kappa shape index (κ3) is 2.92. The molecule has 0 aliphatic heterocycles. The van der Waals surface area contributed by atoms with Crippen molar-refractivity contribution < 1.29 is 18.3 Å². The van der Waals surface area contributed by atoms with Gasteiger partial charge in [0.25, 0.3) is 6.43 Å². The molecule has 0 radical (unpaired) electrons. The number of alkyl halides is 2. The second-order valence-corrected chi connectivity index (χ2v) is 5.29. The summed E-state index contributed by atoms with van der Waals surface area (Å²) in [5.41, 5.74) is -0.107. The maximum atomic E-state index is 12.6. The molecule has 1 aromatic heterocycles. The van der Waals surface area contributed by atoms with E-state index in [0.717, 1.165) is 0 Å². The molecule has 0 N–H and O–H groups in total. The normalized spacial score (nSPS) is 12.1. The molecular formula is C14H15F2NO2. The van der Waals surface area contributed by atoms with Crippen LogP contribution in [0.15, 0.2) is 30.5 Å². The van der Waals surface area contributed by atoms with E-state index in [0.29, 0.717) is 10.9 Å². The lowest BCUT2D eigenvalue weighted by atomic mass is 10.1. The fourth-order valence-corrected chi connectivity index (χ4v) is 1.77. The molecule has 2 aromatic rings. The van der Waals surface area contributed by atoms with Crippen LogP contribution in [0.4, 0.5) is 13.6 Å². The number of fused-ring (bicyclic) bond motifs is 1. The molecule has 102 valence electrons. The molecule has 0 atom stereocenters. The number of aromatic nitrogens is 1. The highest BCUT2D eigenvalue weighted by Gasteiger charge is 2.19. The summed E-state index contributed by atoms with van der Waals surface area (Å²) in [6.07, 6.45) is -1.52. The van der Waals surface area contributed by atoms with Crippen LogP contribution in [0.25, 0.3) is 10.9 Å². The minimum absolute atomic E-state index is 0.0607. The van der Waals surface area contributed by atoms with Crippen molar-refractivity contribution in [3.05, 3.63) is 36.0 Å². The Morgan fingerprint density at radius 1 is 1.26 bits per heavy atom. The Bertz CT molecular complexity index is 611. The van der Waals surface area contributed by atoms with Gasteiger partial charge in [0.2, 0.25) is 0 Å². The van der Waals surface area contributed by atoms with Crippen molar-refractivity contribution in [3.8, 4) is 0 Å². The zero-order valence-corrected chi connectivity index (χ0v) is 11.0. The van der Waals surface area contributed by atoms with Gasteiger partial charge < -0.3 is 4.74 Å². The molecule has 5 heteroatoms. The molecule has 2 rings (SSSR count). The van der Waals surface area contributed by atoms with Crippen LogP contribution < -0.4 is 0 Å². The van der Waals surface area contributed by atoms with Crippen LogP contribution in [0, 0.1) is 0 Å². The smallest absolute Gasteiger partial charge is 0.418 e. The van der Waals surface area contributed by atoms with Crippen LogP contribution >= 0.6 is 0 Å². The average molecular weight is 267 g/mol. The highest BCUT2D eigenvalue weighted by Crippen LogP contribution is 2.25. The Hall–Kier alpha value is -1.91. The zero-order chi connectivity index (χ0) is 14.2. The van der Waals surface area contributed by atoms with Crippen molar-refractivity contribution in [2.45, 2.75) is 32.8 Å². The van der Waals surface area contributed by atoms with Crippen molar-refractivity contribution in [2.24, 2.45) is 0 Å². The molecule has 0 spiro atoms. The van der Waals surface area contributed by atoms with Crippen LogP contribution in [-0.4, -0.2) is 16.3 Å². The predicted molar refractivity (Wildman–Crippen MR) is 68.5 cm³/mol. The van der Waals surface area contributed by atoms with Gasteiger partial charge >= 0.3 is 6.09 Å². The molecular weight excluding hydrogens is 252 g/mol. The third-order valence-electron chi connectivity index (χ3n) is 2.56. The summed E-state index contributed by atoms with van der Waals surface area (Å²) >= 11 is 0. The molecule has 0 saturated carbocycles. The van der Waals surface area contributed by atoms with Crippen LogP contribution in [0.3, 0.4) is 0 Å². The first-order valence-electron chi connectivity index (χ1n) is 5.90. The third-order valence-corrected chi connectivity index (χ3v) is 2.56. The Morgan fingerprint density at radius 3 is 2.53 bits per heavy atom. The quantitative estimate of drug-likeness (QED) is 0.768. The summed E-state index contributed by atoms with van der Waals surface area (Å²) in [7, 11) is 0. The minimum atomic E-state index is -2.52. The fourth-order valence-electron chi connectivity index (χ4n) is 1.77. The number of hydrogen-bond donors (Lipinski definition) is 0. The molecule has 0 bridgehead atoms. The van der Waals surface area contributed by atoms with Crippen LogP contribution in [0.1, 0.15) is 32.8 Å². The molecule has 0 unspecified atom stereocenters. The van der Waals surface area contributed by atoms with Crippen molar-refractivity contribution in [2.75, 3.05) is 0 Å². The lowest BCUT2D eigenvalue weighted by molar-refractivity contribution is 0.0544. The van der Waals surface area contributed by atoms with Gasteiger partial charge in [-0.2, -0.15) is 0 Å². The van der Waals surface area contributed by atoms with Crippen LogP contribution in [0.5, 0.6) is 0 Å². The topological polar surface area (TPSA) is 31.2 Å². The fraction of sp³-hybridized carbons (Fsp3) is 0.357. The van der Waals surface area contributed by atoms with E-state index in [1.807, 2.05) is 0 Å². The lowest BCUT2D eigenvalue weighted by Crippen LogP contribution is -2.26. The summed E-state index contributed by atoms with van der Waals surface area (Å²) < 4.78 is 31.7. The maximum Gasteiger partial charge on any atom is 0.418 e. The first kappa shape index (κ1) is 13.5. The van der Waals surface area contributed by atoms with E-state index >= 15 is 0 Å². The van der Waals surface area contributed by atoms with Crippen LogP contribution in [-0.2, 0) is 4.74 Å². The number of halogens is 2. The molecule has 19 heavy (non-hydrogen) atoms. The van der Waals surface area contributed by atoms with E-state index in [2.05, 4.69) is 0 Å². The number of benzene rings is 1. The molecule has 3 nitrogen and oxygen atoms in total. The van der Waals surface area contributed by atoms with Gasteiger partial charge in [-0.15, -0.1) is 0 Å². The highest BCUT2D eigenvalue weighted by molar-refractivity contribution is 5.89. The summed E-state index contributed by atoms with van der Waals surface area (Å²) in [5.74, 6) is 0. The lowest BCUT2D eigenvalue weighted by Gasteiger charge is -2.19. The van der Waals surface area contributed by atoms with Gasteiger partial charge in [-0.3, -0.25) is 4.57 Å². The van der Waals surface area contributed by atoms with E-state index in [-0.39, 0.29) is 5.56 Å².